The Morgan fingerprint density at radius 2 is 1.92 bits per heavy atom. The number of nitrogens with one attached hydrogen (secondary N) is 1. The van der Waals surface area contributed by atoms with Gasteiger partial charge in [0, 0.05) is 12.7 Å². The molecule has 0 saturated carbocycles. The van der Waals surface area contributed by atoms with Crippen LogP contribution in [0.4, 0.5) is 18.9 Å². The highest BCUT2D eigenvalue weighted by atomic mass is 19.4. The van der Waals surface area contributed by atoms with Crippen LogP contribution < -0.4 is 5.32 Å². The van der Waals surface area contributed by atoms with Gasteiger partial charge < -0.3 is 10.4 Å². The number of benzene rings is 1. The van der Waals surface area contributed by atoms with Gasteiger partial charge in [0.2, 0.25) is 0 Å². The van der Waals surface area contributed by atoms with Crippen LogP contribution in [-0.4, -0.2) is 12.2 Å². The molecule has 0 saturated heterocycles. The minimum absolute atomic E-state index is 0.132. The van der Waals surface area contributed by atoms with Crippen LogP contribution >= 0.6 is 0 Å². The summed E-state index contributed by atoms with van der Waals surface area (Å²) in [6.45, 7) is 0. The number of phenols is 1. The Hall–Kier alpha value is -1.39. The van der Waals surface area contributed by atoms with E-state index in [9.17, 15) is 13.2 Å². The summed E-state index contributed by atoms with van der Waals surface area (Å²) in [5.41, 5.74) is -1.16. The zero-order chi connectivity index (χ0) is 10.1. The zero-order valence-electron chi connectivity index (χ0n) is 6.81. The van der Waals surface area contributed by atoms with Crippen LogP contribution in [0.15, 0.2) is 18.2 Å². The summed E-state index contributed by atoms with van der Waals surface area (Å²) in [5.74, 6) is -0.764. The van der Waals surface area contributed by atoms with Gasteiger partial charge in [0.25, 0.3) is 0 Å². The highest BCUT2D eigenvalue weighted by molar-refractivity contribution is 5.58. The average Bonchev–Trinajstić information content (AvgIpc) is 2.01. The maximum absolute atomic E-state index is 12.3. The number of alkyl halides is 3. The summed E-state index contributed by atoms with van der Waals surface area (Å²) in [7, 11) is 1.37. The molecule has 0 bridgehead atoms. The molecule has 72 valence electrons. The average molecular weight is 191 g/mol. The third kappa shape index (κ3) is 1.85. The van der Waals surface area contributed by atoms with Crippen molar-refractivity contribution in [3.05, 3.63) is 23.8 Å². The van der Waals surface area contributed by atoms with E-state index >= 15 is 0 Å². The fraction of sp³-hybridized carbons (Fsp3) is 0.250. The predicted octanol–water partition coefficient (Wildman–Crippen LogP) is 2.45. The molecular formula is C8H8F3NO. The van der Waals surface area contributed by atoms with E-state index in [1.165, 1.54) is 19.2 Å². The lowest BCUT2D eigenvalue weighted by atomic mass is 10.1. The number of hydrogen-bond donors (Lipinski definition) is 2. The van der Waals surface area contributed by atoms with E-state index in [4.69, 9.17) is 5.11 Å². The molecule has 0 aliphatic heterocycles. The summed E-state index contributed by atoms with van der Waals surface area (Å²) in [4.78, 5) is 0. The Bertz CT molecular complexity index is 309. The van der Waals surface area contributed by atoms with Gasteiger partial charge in [-0.15, -0.1) is 0 Å². The Morgan fingerprint density at radius 1 is 1.31 bits per heavy atom. The molecule has 1 aromatic carbocycles. The van der Waals surface area contributed by atoms with Crippen molar-refractivity contribution in [1.29, 1.82) is 0 Å². The van der Waals surface area contributed by atoms with Crippen LogP contribution in [0, 0.1) is 0 Å². The first-order valence-corrected chi connectivity index (χ1v) is 3.53. The Labute approximate surface area is 73.0 Å². The zero-order valence-corrected chi connectivity index (χ0v) is 6.81. The Kier molecular flexibility index (Phi) is 2.36. The maximum atomic E-state index is 12.3. The van der Waals surface area contributed by atoms with E-state index in [0.717, 1.165) is 6.07 Å². The molecule has 5 heteroatoms. The van der Waals surface area contributed by atoms with E-state index in [1.54, 1.807) is 0 Å². The number of rotatable bonds is 1. The van der Waals surface area contributed by atoms with Gasteiger partial charge in [0.05, 0.1) is 0 Å². The Morgan fingerprint density at radius 3 is 2.31 bits per heavy atom. The molecular weight excluding hydrogens is 183 g/mol. The van der Waals surface area contributed by atoms with Crippen LogP contribution in [0.1, 0.15) is 5.56 Å². The van der Waals surface area contributed by atoms with E-state index in [1.807, 2.05) is 0 Å². The van der Waals surface area contributed by atoms with Gasteiger partial charge in [-0.2, -0.15) is 13.2 Å². The van der Waals surface area contributed by atoms with Gasteiger partial charge in [-0.25, -0.2) is 0 Å². The van der Waals surface area contributed by atoms with Crippen molar-refractivity contribution in [2.75, 3.05) is 12.4 Å². The quantitative estimate of drug-likeness (QED) is 0.714. The number of anilines is 1. The lowest BCUT2D eigenvalue weighted by molar-refractivity contribution is -0.138. The van der Waals surface area contributed by atoms with Crippen molar-refractivity contribution < 1.29 is 18.3 Å². The molecule has 0 unspecified atom stereocenters. The molecule has 1 aromatic rings. The van der Waals surface area contributed by atoms with Gasteiger partial charge in [-0.05, 0) is 12.1 Å². The van der Waals surface area contributed by atoms with Gasteiger partial charge in [0.15, 0.2) is 0 Å². The normalized spacial score (nSPS) is 11.4. The molecule has 0 heterocycles. The molecule has 0 aliphatic carbocycles. The van der Waals surface area contributed by atoms with Crippen LogP contribution in [0.25, 0.3) is 0 Å². The molecule has 0 amide bonds. The predicted molar refractivity (Wildman–Crippen MR) is 42.7 cm³/mol. The number of phenolic OH excluding ortho intramolecular Hbond substituents is 1. The van der Waals surface area contributed by atoms with Gasteiger partial charge in [-0.3, -0.25) is 0 Å². The van der Waals surface area contributed by atoms with E-state index in [2.05, 4.69) is 5.32 Å². The maximum Gasteiger partial charge on any atom is 0.421 e. The fourth-order valence-corrected chi connectivity index (χ4v) is 1.05. The molecule has 13 heavy (non-hydrogen) atoms. The minimum Gasteiger partial charge on any atom is -0.507 e. The molecule has 0 radical (unpaired) electrons. The first kappa shape index (κ1) is 9.70. The molecule has 0 spiro atoms. The topological polar surface area (TPSA) is 32.3 Å². The van der Waals surface area contributed by atoms with Crippen molar-refractivity contribution in [3.63, 3.8) is 0 Å². The molecule has 1 rings (SSSR count). The third-order valence-electron chi connectivity index (χ3n) is 1.60. The second kappa shape index (κ2) is 3.16. The molecule has 0 aromatic heterocycles. The van der Waals surface area contributed by atoms with Gasteiger partial charge in [0.1, 0.15) is 11.3 Å². The molecule has 0 atom stereocenters. The Balaban J connectivity index is 3.32. The van der Waals surface area contributed by atoms with Gasteiger partial charge in [-0.1, -0.05) is 6.07 Å². The van der Waals surface area contributed by atoms with Crippen LogP contribution in [0.3, 0.4) is 0 Å². The standard InChI is InChI=1S/C8H8F3NO/c1-12-5-3-2-4-6(13)7(5)8(9,10)11/h2-4,12-13H,1H3. The molecule has 0 fully saturated rings. The number of halogens is 3. The van der Waals surface area contributed by atoms with E-state index in [0.29, 0.717) is 0 Å². The first-order valence-electron chi connectivity index (χ1n) is 3.53. The molecule has 2 nitrogen and oxygen atoms in total. The highest BCUT2D eigenvalue weighted by Crippen LogP contribution is 2.40. The monoisotopic (exact) mass is 191 g/mol. The summed E-state index contributed by atoms with van der Waals surface area (Å²) in [6, 6.07) is 3.60. The fourth-order valence-electron chi connectivity index (χ4n) is 1.05. The van der Waals surface area contributed by atoms with Crippen molar-refractivity contribution >= 4 is 5.69 Å². The summed E-state index contributed by atoms with van der Waals surface area (Å²) < 4.78 is 36.9. The molecule has 0 aliphatic rings. The SMILES string of the molecule is CNc1cccc(O)c1C(F)(F)F. The minimum atomic E-state index is -4.54. The van der Waals surface area contributed by atoms with Crippen molar-refractivity contribution in [2.24, 2.45) is 0 Å². The second-order valence-electron chi connectivity index (χ2n) is 2.45. The van der Waals surface area contributed by atoms with Gasteiger partial charge >= 0.3 is 6.18 Å². The van der Waals surface area contributed by atoms with E-state index in [-0.39, 0.29) is 5.69 Å². The smallest absolute Gasteiger partial charge is 0.421 e. The molecule has 2 N–H and O–H groups in total. The second-order valence-corrected chi connectivity index (χ2v) is 2.45. The van der Waals surface area contributed by atoms with Crippen LogP contribution in [0.5, 0.6) is 5.75 Å². The lowest BCUT2D eigenvalue weighted by Gasteiger charge is -2.13. The lowest BCUT2D eigenvalue weighted by Crippen LogP contribution is -2.09. The first-order chi connectivity index (χ1) is 5.96. The highest BCUT2D eigenvalue weighted by Gasteiger charge is 2.36. The number of hydrogen-bond acceptors (Lipinski definition) is 2. The largest absolute Gasteiger partial charge is 0.507 e. The van der Waals surface area contributed by atoms with Crippen LogP contribution in [-0.2, 0) is 6.18 Å². The van der Waals surface area contributed by atoms with Crippen molar-refractivity contribution in [3.8, 4) is 5.75 Å². The van der Waals surface area contributed by atoms with Crippen molar-refractivity contribution in [1.82, 2.24) is 0 Å². The summed E-state index contributed by atoms with van der Waals surface area (Å²) in [5, 5.41) is 11.4. The van der Waals surface area contributed by atoms with Crippen LogP contribution in [0.2, 0.25) is 0 Å². The van der Waals surface area contributed by atoms with Crippen molar-refractivity contribution in [2.45, 2.75) is 6.18 Å². The summed E-state index contributed by atoms with van der Waals surface area (Å²) >= 11 is 0. The number of aromatic hydroxyl groups is 1. The third-order valence-corrected chi connectivity index (χ3v) is 1.60. The van der Waals surface area contributed by atoms with E-state index < -0.39 is 17.5 Å². The summed E-state index contributed by atoms with van der Waals surface area (Å²) in [6.07, 6.45) is -4.54.